The second kappa shape index (κ2) is 3.13. The van der Waals surface area contributed by atoms with Gasteiger partial charge in [0.25, 0.3) is 0 Å². The quantitative estimate of drug-likeness (QED) is 0.434. The molecular formula is C9H17OP. The van der Waals surface area contributed by atoms with Crippen molar-refractivity contribution in [2.24, 2.45) is 11.8 Å². The van der Waals surface area contributed by atoms with Crippen molar-refractivity contribution in [3.8, 4) is 12.3 Å². The molecule has 1 N–H and O–H groups in total. The van der Waals surface area contributed by atoms with E-state index in [-0.39, 0.29) is 0 Å². The van der Waals surface area contributed by atoms with Crippen molar-refractivity contribution < 1.29 is 4.89 Å². The zero-order valence-corrected chi connectivity index (χ0v) is 8.30. The second-order valence-electron chi connectivity index (χ2n) is 4.11. The van der Waals surface area contributed by atoms with Crippen LogP contribution >= 0.6 is 7.49 Å². The van der Waals surface area contributed by atoms with Gasteiger partial charge in [-0.05, 0) is 0 Å². The third-order valence-electron chi connectivity index (χ3n) is 2.40. The molecule has 1 aliphatic rings. The molecule has 0 aromatic rings. The molecule has 0 saturated carbocycles. The number of hydrogen-bond acceptors (Lipinski definition) is 1. The first-order chi connectivity index (χ1) is 5.03. The summed E-state index contributed by atoms with van der Waals surface area (Å²) in [5.74, 6) is 3.74. The van der Waals surface area contributed by atoms with Crippen LogP contribution in [0.5, 0.6) is 0 Å². The molecule has 11 heavy (non-hydrogen) atoms. The van der Waals surface area contributed by atoms with E-state index in [1.165, 1.54) is 0 Å². The van der Waals surface area contributed by atoms with E-state index in [9.17, 15) is 4.89 Å². The normalized spacial score (nSPS) is 39.1. The van der Waals surface area contributed by atoms with Crippen LogP contribution in [0, 0.1) is 24.2 Å². The van der Waals surface area contributed by atoms with Crippen LogP contribution in [0.1, 0.15) is 13.3 Å². The van der Waals surface area contributed by atoms with Crippen LogP contribution in [0.2, 0.25) is 0 Å². The van der Waals surface area contributed by atoms with Gasteiger partial charge in [0.05, 0.1) is 0 Å². The second-order valence-corrected chi connectivity index (χ2v) is 7.92. The minimum atomic E-state index is -1.88. The van der Waals surface area contributed by atoms with Crippen molar-refractivity contribution in [1.82, 2.24) is 0 Å². The predicted octanol–water partition coefficient (Wildman–Crippen LogP) is 1.56. The Morgan fingerprint density at radius 3 is 2.64 bits per heavy atom. The fraction of sp³-hybridized carbons (Fsp3) is 0.778. The Labute approximate surface area is 69.6 Å². The zero-order chi connectivity index (χ0) is 8.48. The Kier molecular flexibility index (Phi) is 2.58. The Morgan fingerprint density at radius 1 is 1.55 bits per heavy atom. The van der Waals surface area contributed by atoms with Gasteiger partial charge in [-0.1, -0.05) is 0 Å². The van der Waals surface area contributed by atoms with Gasteiger partial charge in [0.1, 0.15) is 0 Å². The van der Waals surface area contributed by atoms with E-state index in [2.05, 4.69) is 12.8 Å². The zero-order valence-electron chi connectivity index (χ0n) is 7.30. The van der Waals surface area contributed by atoms with Gasteiger partial charge >= 0.3 is 68.9 Å². The van der Waals surface area contributed by atoms with Gasteiger partial charge in [-0.2, -0.15) is 0 Å². The molecule has 0 aromatic carbocycles. The molecule has 1 aliphatic heterocycles. The molecule has 64 valence electrons. The molecule has 0 amide bonds. The first-order valence-electron chi connectivity index (χ1n) is 4.22. The molecule has 1 heterocycles. The summed E-state index contributed by atoms with van der Waals surface area (Å²) in [4.78, 5) is 9.89. The van der Waals surface area contributed by atoms with Crippen LogP contribution < -0.4 is 0 Å². The SMILES string of the molecule is C#CC1C[C@H](C)C[PH](C)(O)C1. The molecule has 1 fully saturated rings. The van der Waals surface area contributed by atoms with Crippen LogP contribution in [-0.4, -0.2) is 23.9 Å². The number of terminal acetylenes is 1. The van der Waals surface area contributed by atoms with E-state index in [0.717, 1.165) is 18.7 Å². The summed E-state index contributed by atoms with van der Waals surface area (Å²) in [6.07, 6.45) is 8.40. The molecule has 2 heteroatoms. The van der Waals surface area contributed by atoms with Gasteiger partial charge < -0.3 is 0 Å². The maximum atomic E-state index is 9.89. The van der Waals surface area contributed by atoms with E-state index in [1.807, 2.05) is 6.66 Å². The van der Waals surface area contributed by atoms with Crippen LogP contribution in [0.4, 0.5) is 0 Å². The standard InChI is InChI=1S/C9H17OP/c1-4-9-5-8(2)6-11(3,10)7-9/h1,8-11H,5-7H2,2-3H3/t8-,9?/m0/s1. The molecule has 1 rings (SSSR count). The fourth-order valence-electron chi connectivity index (χ4n) is 2.14. The Morgan fingerprint density at radius 2 is 2.18 bits per heavy atom. The van der Waals surface area contributed by atoms with Crippen molar-refractivity contribution in [1.29, 1.82) is 0 Å². The molecule has 0 spiro atoms. The third kappa shape index (κ3) is 2.47. The average Bonchev–Trinajstić information content (AvgIpc) is 1.83. The van der Waals surface area contributed by atoms with Crippen LogP contribution in [0.15, 0.2) is 0 Å². The Bertz CT molecular complexity index is 180. The van der Waals surface area contributed by atoms with Gasteiger partial charge in [0.2, 0.25) is 0 Å². The molecule has 0 radical (unpaired) electrons. The van der Waals surface area contributed by atoms with Gasteiger partial charge in [-0.3, -0.25) is 0 Å². The van der Waals surface area contributed by atoms with Crippen molar-refractivity contribution in [2.45, 2.75) is 13.3 Å². The van der Waals surface area contributed by atoms with Crippen LogP contribution in [0.25, 0.3) is 0 Å². The maximum absolute atomic E-state index is 9.89. The van der Waals surface area contributed by atoms with Crippen LogP contribution in [0.3, 0.4) is 0 Å². The number of rotatable bonds is 0. The first-order valence-corrected chi connectivity index (χ1v) is 7.08. The Balaban J connectivity index is 2.60. The molecular weight excluding hydrogens is 155 g/mol. The van der Waals surface area contributed by atoms with Gasteiger partial charge in [0.15, 0.2) is 0 Å². The van der Waals surface area contributed by atoms with Crippen molar-refractivity contribution in [2.75, 3.05) is 19.0 Å². The summed E-state index contributed by atoms with van der Waals surface area (Å²) >= 11 is 0. The van der Waals surface area contributed by atoms with Crippen LogP contribution in [-0.2, 0) is 0 Å². The molecule has 0 bridgehead atoms. The first kappa shape index (κ1) is 9.04. The molecule has 2 atom stereocenters. The van der Waals surface area contributed by atoms with Crippen molar-refractivity contribution in [3.63, 3.8) is 0 Å². The molecule has 1 nitrogen and oxygen atoms in total. The van der Waals surface area contributed by atoms with E-state index in [4.69, 9.17) is 6.42 Å². The Hall–Kier alpha value is -0.0500. The minimum absolute atomic E-state index is 0.348. The number of hydrogen-bond donors (Lipinski definition) is 1. The summed E-state index contributed by atoms with van der Waals surface area (Å²) in [5, 5.41) is 0. The summed E-state index contributed by atoms with van der Waals surface area (Å²) in [6, 6.07) is 0. The average molecular weight is 172 g/mol. The van der Waals surface area contributed by atoms with Gasteiger partial charge in [-0.25, -0.2) is 0 Å². The van der Waals surface area contributed by atoms with E-state index < -0.39 is 7.49 Å². The van der Waals surface area contributed by atoms with Crippen molar-refractivity contribution in [3.05, 3.63) is 0 Å². The van der Waals surface area contributed by atoms with E-state index >= 15 is 0 Å². The summed E-state index contributed by atoms with van der Waals surface area (Å²) in [6.45, 7) is 4.21. The van der Waals surface area contributed by atoms with Gasteiger partial charge in [0, 0.05) is 0 Å². The summed E-state index contributed by atoms with van der Waals surface area (Å²) in [5.41, 5.74) is 0. The molecule has 0 aromatic heterocycles. The monoisotopic (exact) mass is 172 g/mol. The topological polar surface area (TPSA) is 20.2 Å². The fourth-order valence-corrected chi connectivity index (χ4v) is 5.33. The third-order valence-corrected chi connectivity index (χ3v) is 5.35. The van der Waals surface area contributed by atoms with Gasteiger partial charge in [-0.15, -0.1) is 0 Å². The van der Waals surface area contributed by atoms with E-state index in [1.54, 1.807) is 0 Å². The molecule has 0 aliphatic carbocycles. The predicted molar refractivity (Wildman–Crippen MR) is 52.3 cm³/mol. The summed E-state index contributed by atoms with van der Waals surface area (Å²) < 4.78 is 0. The van der Waals surface area contributed by atoms with Crippen molar-refractivity contribution >= 4 is 7.49 Å². The molecule has 1 saturated heterocycles. The molecule has 1 unspecified atom stereocenters. The summed E-state index contributed by atoms with van der Waals surface area (Å²) in [7, 11) is -1.88. The van der Waals surface area contributed by atoms with E-state index in [0.29, 0.717) is 11.8 Å².